The van der Waals surface area contributed by atoms with Crippen molar-refractivity contribution in [2.24, 2.45) is 0 Å². The summed E-state index contributed by atoms with van der Waals surface area (Å²) in [6, 6.07) is 13.5. The second-order valence-electron chi connectivity index (χ2n) is 5.30. The molecule has 3 heteroatoms. The maximum absolute atomic E-state index is 5.96. The topological polar surface area (TPSA) is 12.0 Å². The highest BCUT2D eigenvalue weighted by Gasteiger charge is 2.13. The highest BCUT2D eigenvalue weighted by atomic mass is 35.5. The third kappa shape index (κ3) is 4.34. The molecule has 1 aromatic carbocycles. The number of halogens is 1. The van der Waals surface area contributed by atoms with E-state index in [4.69, 9.17) is 11.6 Å². The summed E-state index contributed by atoms with van der Waals surface area (Å²) in [5, 5.41) is 4.52. The minimum Gasteiger partial charge on any atom is -0.307 e. The Bertz CT molecular complexity index is 532. The van der Waals surface area contributed by atoms with Gasteiger partial charge in [0.25, 0.3) is 0 Å². The standard InChI is InChI=1S/C17H22ClNS/c1-4-17(14-6-8-15(18)9-7-14)19-12(2)11-16-10-5-13(3)20-16/h5-10,12,17,19H,4,11H2,1-3H3. The molecule has 1 nitrogen and oxygen atoms in total. The van der Waals surface area contributed by atoms with Crippen molar-refractivity contribution in [1.29, 1.82) is 0 Å². The van der Waals surface area contributed by atoms with Gasteiger partial charge in [0.1, 0.15) is 0 Å². The Labute approximate surface area is 131 Å². The molecule has 1 heterocycles. The first-order valence-electron chi connectivity index (χ1n) is 7.15. The fourth-order valence-corrected chi connectivity index (χ4v) is 3.59. The monoisotopic (exact) mass is 307 g/mol. The van der Waals surface area contributed by atoms with E-state index < -0.39 is 0 Å². The Morgan fingerprint density at radius 2 is 1.85 bits per heavy atom. The summed E-state index contributed by atoms with van der Waals surface area (Å²) in [7, 11) is 0. The summed E-state index contributed by atoms with van der Waals surface area (Å²) in [6.45, 7) is 6.64. The Kier molecular flexibility index (Phi) is 5.64. The van der Waals surface area contributed by atoms with Crippen molar-refractivity contribution in [3.05, 3.63) is 56.7 Å². The molecule has 0 aliphatic heterocycles. The van der Waals surface area contributed by atoms with Gasteiger partial charge in [-0.25, -0.2) is 0 Å². The minimum atomic E-state index is 0.392. The van der Waals surface area contributed by atoms with Gasteiger partial charge in [0, 0.05) is 26.9 Å². The van der Waals surface area contributed by atoms with E-state index in [1.54, 1.807) is 0 Å². The summed E-state index contributed by atoms with van der Waals surface area (Å²) in [4.78, 5) is 2.84. The van der Waals surface area contributed by atoms with Crippen molar-refractivity contribution in [3.8, 4) is 0 Å². The van der Waals surface area contributed by atoms with E-state index >= 15 is 0 Å². The Hall–Kier alpha value is -0.830. The van der Waals surface area contributed by atoms with E-state index in [0.717, 1.165) is 17.9 Å². The fourth-order valence-electron chi connectivity index (χ4n) is 2.44. The van der Waals surface area contributed by atoms with Gasteiger partial charge in [-0.05, 0) is 56.5 Å². The third-order valence-electron chi connectivity index (χ3n) is 3.47. The van der Waals surface area contributed by atoms with Crippen molar-refractivity contribution >= 4 is 22.9 Å². The molecule has 0 bridgehead atoms. The molecular weight excluding hydrogens is 286 g/mol. The van der Waals surface area contributed by atoms with Gasteiger partial charge in [-0.3, -0.25) is 0 Å². The summed E-state index contributed by atoms with van der Waals surface area (Å²) < 4.78 is 0. The van der Waals surface area contributed by atoms with E-state index in [9.17, 15) is 0 Å². The van der Waals surface area contributed by atoms with Gasteiger partial charge in [-0.15, -0.1) is 11.3 Å². The van der Waals surface area contributed by atoms with Crippen LogP contribution in [-0.4, -0.2) is 6.04 Å². The van der Waals surface area contributed by atoms with Crippen LogP contribution in [0, 0.1) is 6.92 Å². The SMILES string of the molecule is CCC(NC(C)Cc1ccc(C)s1)c1ccc(Cl)cc1. The van der Waals surface area contributed by atoms with Crippen LogP contribution in [0.25, 0.3) is 0 Å². The van der Waals surface area contributed by atoms with Crippen LogP contribution in [-0.2, 0) is 6.42 Å². The molecule has 2 atom stereocenters. The molecule has 0 radical (unpaired) electrons. The van der Waals surface area contributed by atoms with Crippen molar-refractivity contribution in [1.82, 2.24) is 5.32 Å². The minimum absolute atomic E-state index is 0.392. The summed E-state index contributed by atoms with van der Waals surface area (Å²) in [5.74, 6) is 0. The second kappa shape index (κ2) is 7.26. The molecule has 0 fully saturated rings. The van der Waals surface area contributed by atoms with Gasteiger partial charge in [-0.1, -0.05) is 30.7 Å². The van der Waals surface area contributed by atoms with Gasteiger partial charge < -0.3 is 5.32 Å². The van der Waals surface area contributed by atoms with E-state index in [2.05, 4.69) is 50.4 Å². The normalized spacial score (nSPS) is 14.2. The molecule has 108 valence electrons. The van der Waals surface area contributed by atoms with Gasteiger partial charge in [0.2, 0.25) is 0 Å². The van der Waals surface area contributed by atoms with Crippen LogP contribution in [0.15, 0.2) is 36.4 Å². The second-order valence-corrected chi connectivity index (χ2v) is 7.11. The molecule has 0 saturated heterocycles. The summed E-state index contributed by atoms with van der Waals surface area (Å²) in [5.41, 5.74) is 1.31. The lowest BCUT2D eigenvalue weighted by Gasteiger charge is -2.22. The molecular formula is C17H22ClNS. The van der Waals surface area contributed by atoms with Gasteiger partial charge in [0.15, 0.2) is 0 Å². The molecule has 2 unspecified atom stereocenters. The lowest BCUT2D eigenvalue weighted by atomic mass is 10.0. The van der Waals surface area contributed by atoms with Gasteiger partial charge >= 0.3 is 0 Å². The number of rotatable bonds is 6. The average Bonchev–Trinajstić information content (AvgIpc) is 2.82. The Balaban J connectivity index is 1.97. The van der Waals surface area contributed by atoms with Crippen molar-refractivity contribution in [3.63, 3.8) is 0 Å². The molecule has 0 spiro atoms. The maximum atomic E-state index is 5.96. The molecule has 1 aromatic heterocycles. The number of benzene rings is 1. The van der Waals surface area contributed by atoms with Crippen molar-refractivity contribution < 1.29 is 0 Å². The maximum Gasteiger partial charge on any atom is 0.0406 e. The largest absolute Gasteiger partial charge is 0.307 e. The fraction of sp³-hybridized carbons (Fsp3) is 0.412. The molecule has 0 amide bonds. The number of hydrogen-bond donors (Lipinski definition) is 1. The van der Waals surface area contributed by atoms with E-state index in [1.807, 2.05) is 23.5 Å². The zero-order valence-corrected chi connectivity index (χ0v) is 13.9. The van der Waals surface area contributed by atoms with E-state index in [1.165, 1.54) is 15.3 Å². The Morgan fingerprint density at radius 3 is 2.40 bits per heavy atom. The zero-order valence-electron chi connectivity index (χ0n) is 12.3. The van der Waals surface area contributed by atoms with Gasteiger partial charge in [-0.2, -0.15) is 0 Å². The first-order valence-corrected chi connectivity index (χ1v) is 8.34. The molecule has 0 aliphatic rings. The molecule has 2 aromatic rings. The number of thiophene rings is 1. The quantitative estimate of drug-likeness (QED) is 0.755. The highest BCUT2D eigenvalue weighted by molar-refractivity contribution is 7.11. The average molecular weight is 308 g/mol. The first-order chi connectivity index (χ1) is 9.58. The predicted octanol–water partition coefficient (Wildman–Crippen LogP) is 5.38. The van der Waals surface area contributed by atoms with Crippen LogP contribution >= 0.6 is 22.9 Å². The molecule has 0 saturated carbocycles. The van der Waals surface area contributed by atoms with Gasteiger partial charge in [0.05, 0.1) is 0 Å². The zero-order chi connectivity index (χ0) is 14.5. The lowest BCUT2D eigenvalue weighted by molar-refractivity contribution is 0.445. The van der Waals surface area contributed by atoms with Crippen LogP contribution in [0.4, 0.5) is 0 Å². The Morgan fingerprint density at radius 1 is 1.15 bits per heavy atom. The van der Waals surface area contributed by atoms with Crippen LogP contribution < -0.4 is 5.32 Å². The predicted molar refractivity (Wildman–Crippen MR) is 89.8 cm³/mol. The molecule has 1 N–H and O–H groups in total. The highest BCUT2D eigenvalue weighted by Crippen LogP contribution is 2.22. The van der Waals surface area contributed by atoms with Crippen LogP contribution in [0.1, 0.15) is 41.6 Å². The molecule has 20 heavy (non-hydrogen) atoms. The van der Waals surface area contributed by atoms with E-state index in [-0.39, 0.29) is 0 Å². The number of aryl methyl sites for hydroxylation is 1. The first kappa shape index (κ1) is 15.6. The molecule has 0 aliphatic carbocycles. The van der Waals surface area contributed by atoms with Crippen molar-refractivity contribution in [2.75, 3.05) is 0 Å². The summed E-state index contributed by atoms with van der Waals surface area (Å²) >= 11 is 7.85. The van der Waals surface area contributed by atoms with Crippen molar-refractivity contribution in [2.45, 2.75) is 45.7 Å². The molecule has 2 rings (SSSR count). The van der Waals surface area contributed by atoms with Crippen LogP contribution in [0.2, 0.25) is 5.02 Å². The lowest BCUT2D eigenvalue weighted by Crippen LogP contribution is -2.31. The smallest absolute Gasteiger partial charge is 0.0406 e. The summed E-state index contributed by atoms with van der Waals surface area (Å²) in [6.07, 6.45) is 2.16. The van der Waals surface area contributed by atoms with E-state index in [0.29, 0.717) is 12.1 Å². The number of hydrogen-bond acceptors (Lipinski definition) is 2. The third-order valence-corrected chi connectivity index (χ3v) is 4.74. The van der Waals surface area contributed by atoms with Crippen LogP contribution in [0.5, 0.6) is 0 Å². The van der Waals surface area contributed by atoms with Crippen LogP contribution in [0.3, 0.4) is 0 Å². The number of nitrogens with one attached hydrogen (secondary N) is 1.